The van der Waals surface area contributed by atoms with E-state index in [0.717, 1.165) is 0 Å². The smallest absolute Gasteiger partial charge is 0.338 e. The fraction of sp³-hybridized carbons (Fsp3) is 0.255. The van der Waals surface area contributed by atoms with Crippen LogP contribution in [0, 0.1) is 0 Å². The van der Waals surface area contributed by atoms with Crippen molar-refractivity contribution in [3.05, 3.63) is 179 Å². The molecule has 3 N–H and O–H groups in total. The van der Waals surface area contributed by atoms with Gasteiger partial charge in [-0.1, -0.05) is 91.0 Å². The molecule has 16 heteroatoms. The molecule has 5 aromatic rings. The first kappa shape index (κ1) is 44.3. The molecule has 0 aromatic heterocycles. The van der Waals surface area contributed by atoms with Gasteiger partial charge < -0.3 is 53.2 Å². The fourth-order valence-corrected chi connectivity index (χ4v) is 6.90. The van der Waals surface area contributed by atoms with Crippen molar-refractivity contribution in [2.75, 3.05) is 13.2 Å². The Hall–Kier alpha value is -6.79. The molecule has 5 aromatic carbocycles. The van der Waals surface area contributed by atoms with Crippen LogP contribution in [0.1, 0.15) is 51.8 Å². The van der Waals surface area contributed by atoms with Crippen LogP contribution >= 0.6 is 0 Å². The van der Waals surface area contributed by atoms with Crippen LogP contribution in [0.3, 0.4) is 0 Å². The molecule has 2 heterocycles. The number of benzene rings is 5. The Balaban J connectivity index is 1.32. The minimum Gasteiger partial charge on any atom is -0.459 e. The van der Waals surface area contributed by atoms with Gasteiger partial charge in [0.1, 0.15) is 31.0 Å². The Morgan fingerprint density at radius 2 is 0.794 bits per heavy atom. The first-order valence-corrected chi connectivity index (χ1v) is 19.8. The summed E-state index contributed by atoms with van der Waals surface area (Å²) in [4.78, 5) is 68.6. The molecule has 0 saturated carbocycles. The zero-order chi connectivity index (χ0) is 44.3. The third-order valence-corrected chi connectivity index (χ3v) is 10.1. The summed E-state index contributed by atoms with van der Waals surface area (Å²) in [6.45, 7) is -1.54. The summed E-state index contributed by atoms with van der Waals surface area (Å²) in [6.07, 6.45) is -18.1. The summed E-state index contributed by atoms with van der Waals surface area (Å²) in [7, 11) is 0. The largest absolute Gasteiger partial charge is 0.459 e. The predicted molar refractivity (Wildman–Crippen MR) is 217 cm³/mol. The van der Waals surface area contributed by atoms with Gasteiger partial charge in [0, 0.05) is 0 Å². The summed E-state index contributed by atoms with van der Waals surface area (Å²) in [6, 6.07) is 38.7. The summed E-state index contributed by atoms with van der Waals surface area (Å²) >= 11 is 0. The second-order valence-electron chi connectivity index (χ2n) is 14.3. The third-order valence-electron chi connectivity index (χ3n) is 10.1. The zero-order valence-corrected chi connectivity index (χ0v) is 33.3. The lowest BCUT2D eigenvalue weighted by molar-refractivity contribution is -0.353. The lowest BCUT2D eigenvalue weighted by Crippen LogP contribution is -2.66. The van der Waals surface area contributed by atoms with Crippen LogP contribution in [0.4, 0.5) is 0 Å². The van der Waals surface area contributed by atoms with E-state index >= 15 is 0 Å². The summed E-state index contributed by atoms with van der Waals surface area (Å²) < 4.78 is 47.7. The second kappa shape index (κ2) is 20.9. The van der Waals surface area contributed by atoms with Gasteiger partial charge in [0.2, 0.25) is 0 Å². The minimum atomic E-state index is -2.01. The first-order valence-electron chi connectivity index (χ1n) is 19.8. The van der Waals surface area contributed by atoms with Crippen molar-refractivity contribution < 1.29 is 77.2 Å². The normalized spacial score (nSPS) is 25.4. The van der Waals surface area contributed by atoms with E-state index in [1.807, 2.05) is 0 Å². The molecule has 2 aliphatic rings. The van der Waals surface area contributed by atoms with Gasteiger partial charge in [-0.3, -0.25) is 0 Å². The van der Waals surface area contributed by atoms with Crippen molar-refractivity contribution in [2.24, 2.45) is 0 Å². The SMILES string of the molecule is O=C(OC[C@H]1O[C@@H](O[C@H]2[C@@H](O)[C@@H](CO)O[C@@H](O)[C@@H]2OC(=O)c2ccccc2)[C@H](OC(=O)c2ccccc2)[C@@H](OC(=O)c2ccccc2)[C@H]1OC(=O)c1ccccc1)c1ccccc1. The fourth-order valence-electron chi connectivity index (χ4n) is 6.90. The van der Waals surface area contributed by atoms with Crippen molar-refractivity contribution in [3.63, 3.8) is 0 Å². The summed E-state index contributed by atoms with van der Waals surface area (Å²) in [5.74, 6) is -4.68. The van der Waals surface area contributed by atoms with Crippen LogP contribution in [0.5, 0.6) is 0 Å². The van der Waals surface area contributed by atoms with Crippen LogP contribution in [-0.4, -0.2) is 120 Å². The number of carbonyl (C=O) groups is 5. The quantitative estimate of drug-likeness (QED) is 0.106. The Kier molecular flexibility index (Phi) is 14.7. The van der Waals surface area contributed by atoms with Crippen LogP contribution in [-0.2, 0) is 37.9 Å². The number of ether oxygens (including phenoxy) is 8. The first-order chi connectivity index (χ1) is 30.6. The third kappa shape index (κ3) is 10.8. The lowest BCUT2D eigenvalue weighted by Gasteiger charge is -2.47. The molecule has 2 aliphatic heterocycles. The molecular formula is C47H42O16. The van der Waals surface area contributed by atoms with E-state index < -0.39 is 104 Å². The van der Waals surface area contributed by atoms with Gasteiger partial charge in [0.25, 0.3) is 0 Å². The molecule has 63 heavy (non-hydrogen) atoms. The van der Waals surface area contributed by atoms with Crippen molar-refractivity contribution in [3.8, 4) is 0 Å². The van der Waals surface area contributed by atoms with Gasteiger partial charge in [-0.05, 0) is 60.7 Å². The van der Waals surface area contributed by atoms with Crippen molar-refractivity contribution >= 4 is 29.8 Å². The molecule has 0 aliphatic carbocycles. The van der Waals surface area contributed by atoms with Gasteiger partial charge in [-0.25, -0.2) is 24.0 Å². The molecule has 10 atom stereocenters. The van der Waals surface area contributed by atoms with E-state index in [-0.39, 0.29) is 27.8 Å². The number of carbonyl (C=O) groups excluding carboxylic acids is 5. The van der Waals surface area contributed by atoms with Gasteiger partial charge in [-0.2, -0.15) is 0 Å². The van der Waals surface area contributed by atoms with E-state index in [0.29, 0.717) is 0 Å². The number of aliphatic hydroxyl groups is 3. The summed E-state index contributed by atoms with van der Waals surface area (Å²) in [5.41, 5.74) is 0.341. The average Bonchev–Trinajstić information content (AvgIpc) is 3.33. The Morgan fingerprint density at radius 3 is 1.21 bits per heavy atom. The van der Waals surface area contributed by atoms with E-state index in [2.05, 4.69) is 0 Å². The number of hydrogen-bond acceptors (Lipinski definition) is 16. The van der Waals surface area contributed by atoms with Gasteiger partial charge in [0.05, 0.1) is 34.4 Å². The highest BCUT2D eigenvalue weighted by Crippen LogP contribution is 2.35. The highest BCUT2D eigenvalue weighted by Gasteiger charge is 2.57. The highest BCUT2D eigenvalue weighted by atomic mass is 16.8. The number of hydrogen-bond donors (Lipinski definition) is 3. The number of rotatable bonds is 14. The molecule has 0 unspecified atom stereocenters. The molecule has 2 saturated heterocycles. The summed E-state index contributed by atoms with van der Waals surface area (Å²) in [5, 5.41) is 32.9. The Morgan fingerprint density at radius 1 is 0.429 bits per heavy atom. The monoisotopic (exact) mass is 862 g/mol. The molecule has 2 fully saturated rings. The van der Waals surface area contributed by atoms with Crippen LogP contribution < -0.4 is 0 Å². The van der Waals surface area contributed by atoms with Crippen LogP contribution in [0.2, 0.25) is 0 Å². The predicted octanol–water partition coefficient (Wildman–Crippen LogP) is 3.93. The molecule has 0 radical (unpaired) electrons. The Labute approximate surface area is 360 Å². The standard InChI is InChI=1S/C47H42O16/c48-26-33-35(49)37(39(46(55)57-33)61-44(53)31-22-12-4-13-23-31)63-47-40(62-45(54)32-24-14-5-15-25-32)38(60-43(52)30-20-10-3-11-21-30)36(59-42(51)29-18-8-2-9-19-29)34(58-47)27-56-41(50)28-16-6-1-7-17-28/h1-25,33-40,46-49,55H,26-27H2/t33-,34-,35+,36+,37+,38+,39-,40-,46-,47+/m1/s1. The van der Waals surface area contributed by atoms with E-state index in [1.165, 1.54) is 60.7 Å². The van der Waals surface area contributed by atoms with Gasteiger partial charge in [0.15, 0.2) is 37.0 Å². The van der Waals surface area contributed by atoms with Crippen molar-refractivity contribution in [1.82, 2.24) is 0 Å². The topological polar surface area (TPSA) is 220 Å². The maximum absolute atomic E-state index is 14.0. The lowest BCUT2D eigenvalue weighted by atomic mass is 9.96. The zero-order valence-electron chi connectivity index (χ0n) is 33.3. The molecule has 16 nitrogen and oxygen atoms in total. The second-order valence-corrected chi connectivity index (χ2v) is 14.3. The van der Waals surface area contributed by atoms with Crippen molar-refractivity contribution in [1.29, 1.82) is 0 Å². The van der Waals surface area contributed by atoms with Gasteiger partial charge >= 0.3 is 29.8 Å². The van der Waals surface area contributed by atoms with E-state index in [9.17, 15) is 39.3 Å². The van der Waals surface area contributed by atoms with Gasteiger partial charge in [-0.15, -0.1) is 0 Å². The van der Waals surface area contributed by atoms with Crippen LogP contribution in [0.25, 0.3) is 0 Å². The maximum atomic E-state index is 14.0. The number of aliphatic hydroxyl groups excluding tert-OH is 3. The van der Waals surface area contributed by atoms with Crippen molar-refractivity contribution in [2.45, 2.75) is 61.4 Å². The number of esters is 5. The van der Waals surface area contributed by atoms with E-state index in [4.69, 9.17) is 37.9 Å². The molecule has 0 spiro atoms. The molecule has 0 amide bonds. The molecule has 326 valence electrons. The molecule has 0 bridgehead atoms. The molecular weight excluding hydrogens is 821 g/mol. The average molecular weight is 863 g/mol. The van der Waals surface area contributed by atoms with Crippen LogP contribution in [0.15, 0.2) is 152 Å². The molecule has 7 rings (SSSR count). The Bertz CT molecular complexity index is 2300. The maximum Gasteiger partial charge on any atom is 0.338 e. The van der Waals surface area contributed by atoms with E-state index in [1.54, 1.807) is 91.0 Å². The highest BCUT2D eigenvalue weighted by molar-refractivity contribution is 5.92. The minimum absolute atomic E-state index is 0.0256.